The van der Waals surface area contributed by atoms with Crippen LogP contribution in [0.2, 0.25) is 0 Å². The molecule has 9 N–H and O–H groups in total. The van der Waals surface area contributed by atoms with Crippen molar-refractivity contribution in [1.29, 1.82) is 0 Å². The molecule has 0 aliphatic carbocycles. The number of pyridine rings is 2. The van der Waals surface area contributed by atoms with Gasteiger partial charge in [-0.2, -0.15) is 9.98 Å². The van der Waals surface area contributed by atoms with Gasteiger partial charge in [0.05, 0.1) is 33.9 Å². The van der Waals surface area contributed by atoms with Crippen LogP contribution in [0.15, 0.2) is 54.1 Å². The lowest BCUT2D eigenvalue weighted by Crippen LogP contribution is -2.58. The van der Waals surface area contributed by atoms with Crippen molar-refractivity contribution < 1.29 is 28.2 Å². The third-order valence-electron chi connectivity index (χ3n) is 14.9. The monoisotopic (exact) mass is 966 g/mol. The van der Waals surface area contributed by atoms with E-state index >= 15 is 8.78 Å². The minimum absolute atomic E-state index is 0.00132. The fourth-order valence-corrected chi connectivity index (χ4v) is 11.6. The SMILES string of the molecule is Cc1cn2c3c(c(N4CC5CCC(C4)N5/C(N)=N/C(N)=NCCCCCCN=C(N)/N=C(\N)N4C5CCC4CN(c4c(F)cc6c(=O)c(C(=O)O)cn7c6c4OCC7C)C5)c(F)cc3c1=O)OCC2C. The number of aliphatic imine (C=N–C) groups is 4. The number of hydrogen-bond acceptors (Lipinski definition) is 9. The average molecular weight is 967 g/mol. The van der Waals surface area contributed by atoms with E-state index in [1.54, 1.807) is 11.5 Å². The van der Waals surface area contributed by atoms with Crippen molar-refractivity contribution >= 4 is 63.0 Å². The van der Waals surface area contributed by atoms with Crippen molar-refractivity contribution in [3.05, 3.63) is 67.7 Å². The first-order valence-electron chi connectivity index (χ1n) is 24.2. The van der Waals surface area contributed by atoms with Crippen LogP contribution in [-0.4, -0.2) is 130 Å². The molecule has 4 aromatic rings. The number of halogens is 2. The summed E-state index contributed by atoms with van der Waals surface area (Å²) in [6.45, 7) is 8.98. The molecule has 0 radical (unpaired) electrons. The number of fused-ring (bicyclic) bond motifs is 4. The summed E-state index contributed by atoms with van der Waals surface area (Å²) in [6.07, 6.45) is 9.81. The largest absolute Gasteiger partial charge is 0.487 e. The van der Waals surface area contributed by atoms with Gasteiger partial charge in [-0.05, 0) is 71.4 Å². The Morgan fingerprint density at radius 2 is 1.09 bits per heavy atom. The van der Waals surface area contributed by atoms with Gasteiger partial charge in [0, 0.05) is 81.4 Å². The van der Waals surface area contributed by atoms with Gasteiger partial charge in [-0.1, -0.05) is 12.8 Å². The van der Waals surface area contributed by atoms with Crippen LogP contribution in [0.3, 0.4) is 0 Å². The lowest BCUT2D eigenvalue weighted by molar-refractivity contribution is 0.0694. The molecule has 6 atom stereocenters. The van der Waals surface area contributed by atoms with Gasteiger partial charge in [-0.15, -0.1) is 0 Å². The van der Waals surface area contributed by atoms with Crippen LogP contribution in [0.25, 0.3) is 21.8 Å². The first-order valence-corrected chi connectivity index (χ1v) is 24.2. The van der Waals surface area contributed by atoms with Gasteiger partial charge in [0.2, 0.25) is 17.3 Å². The zero-order chi connectivity index (χ0) is 49.3. The quantitative estimate of drug-likeness (QED) is 0.0868. The fraction of sp³-hybridized carbons (Fsp3) is 0.521. The van der Waals surface area contributed by atoms with E-state index in [9.17, 15) is 19.5 Å². The summed E-state index contributed by atoms with van der Waals surface area (Å²) in [6, 6.07) is 2.01. The number of nitrogens with two attached hydrogens (primary N) is 4. The molecule has 8 heterocycles. The number of carboxylic acids is 1. The second kappa shape index (κ2) is 18.3. The maximum Gasteiger partial charge on any atom is 0.341 e. The summed E-state index contributed by atoms with van der Waals surface area (Å²) >= 11 is 0. The molecular weight excluding hydrogens is 907 g/mol. The Kier molecular flexibility index (Phi) is 12.2. The number of anilines is 2. The lowest BCUT2D eigenvalue weighted by Gasteiger charge is -2.43. The second-order valence-electron chi connectivity index (χ2n) is 19.5. The van der Waals surface area contributed by atoms with E-state index in [2.05, 4.69) is 24.9 Å². The number of aromatic nitrogens is 2. The number of piperazine rings is 2. The molecule has 2 aromatic carbocycles. The summed E-state index contributed by atoms with van der Waals surface area (Å²) in [5, 5.41) is 9.95. The van der Waals surface area contributed by atoms with E-state index in [1.807, 2.05) is 39.3 Å². The van der Waals surface area contributed by atoms with Crippen molar-refractivity contribution in [2.75, 3.05) is 62.3 Å². The number of guanidine groups is 4. The van der Waals surface area contributed by atoms with Gasteiger partial charge in [-0.3, -0.25) is 19.6 Å². The molecule has 22 heteroatoms. The van der Waals surface area contributed by atoms with Crippen LogP contribution in [-0.2, 0) is 0 Å². The number of hydrogen-bond donors (Lipinski definition) is 5. The summed E-state index contributed by atoms with van der Waals surface area (Å²) in [4.78, 5) is 63.8. The van der Waals surface area contributed by atoms with Crippen LogP contribution in [0.1, 0.15) is 93.2 Å². The summed E-state index contributed by atoms with van der Waals surface area (Å²) in [7, 11) is 0. The first-order chi connectivity index (χ1) is 33.6. The third-order valence-corrected chi connectivity index (χ3v) is 14.9. The Morgan fingerprint density at radius 1 is 0.671 bits per heavy atom. The summed E-state index contributed by atoms with van der Waals surface area (Å²) < 4.78 is 47.9. The zero-order valence-electron chi connectivity index (χ0n) is 39.6. The van der Waals surface area contributed by atoms with Gasteiger partial charge in [0.1, 0.15) is 30.2 Å². The molecular formula is C48H60F2N14O6. The van der Waals surface area contributed by atoms with Gasteiger partial charge >= 0.3 is 5.97 Å². The summed E-state index contributed by atoms with van der Waals surface area (Å²) in [5.74, 6) is -1.12. The minimum atomic E-state index is -1.37. The predicted molar refractivity (Wildman–Crippen MR) is 265 cm³/mol. The van der Waals surface area contributed by atoms with Crippen molar-refractivity contribution in [2.24, 2.45) is 42.9 Å². The highest BCUT2D eigenvalue weighted by molar-refractivity contribution is 5.98. The lowest BCUT2D eigenvalue weighted by atomic mass is 10.0. The molecule has 4 bridgehead atoms. The van der Waals surface area contributed by atoms with Crippen molar-refractivity contribution in [3.8, 4) is 11.5 Å². The molecule has 372 valence electrons. The Hall–Kier alpha value is -7.13. The topological polar surface area (TPSA) is 266 Å². The van der Waals surface area contributed by atoms with Crippen molar-refractivity contribution in [2.45, 2.75) is 108 Å². The minimum Gasteiger partial charge on any atom is -0.487 e. The molecule has 6 unspecified atom stereocenters. The molecule has 4 fully saturated rings. The zero-order valence-corrected chi connectivity index (χ0v) is 39.6. The molecule has 0 spiro atoms. The van der Waals surface area contributed by atoms with Crippen LogP contribution < -0.4 is 53.1 Å². The van der Waals surface area contributed by atoms with Crippen LogP contribution in [0, 0.1) is 18.6 Å². The third kappa shape index (κ3) is 8.12. The number of ether oxygens (including phenoxy) is 2. The number of aryl methyl sites for hydroxylation is 1. The molecule has 2 aromatic heterocycles. The average Bonchev–Trinajstić information content (AvgIpc) is 3.75. The second-order valence-corrected chi connectivity index (χ2v) is 19.5. The normalized spacial score (nSPS) is 24.5. The highest BCUT2D eigenvalue weighted by Crippen LogP contribution is 2.46. The molecule has 4 saturated heterocycles. The fourth-order valence-electron chi connectivity index (χ4n) is 11.6. The smallest absolute Gasteiger partial charge is 0.341 e. The van der Waals surface area contributed by atoms with Crippen LogP contribution >= 0.6 is 0 Å². The highest BCUT2D eigenvalue weighted by Gasteiger charge is 2.45. The predicted octanol–water partition coefficient (Wildman–Crippen LogP) is 3.33. The van der Waals surface area contributed by atoms with E-state index in [4.69, 9.17) is 32.4 Å². The first kappa shape index (κ1) is 46.6. The highest BCUT2D eigenvalue weighted by atomic mass is 19.1. The molecule has 20 nitrogen and oxygen atoms in total. The van der Waals surface area contributed by atoms with Crippen molar-refractivity contribution in [1.82, 2.24) is 18.9 Å². The Labute approximate surface area is 401 Å². The number of rotatable bonds is 10. The standard InChI is InChI=1S/C48H60F2N14O6/c1-24-16-61-25(2)22-69-42-36(61)31(40(24)65)14-34(49)38(42)59-17-27-8-9-28(18-59)63(27)47(53)57-45(51)55-12-6-4-5-7-13-56-46(52)58-48(54)64-29-10-11-30(64)20-60(19-29)39-35(50)15-32-37-43(39)70-23-26(3)62(37)21-33(41(32)66)44(67)68/h14-16,21,25-30H,4-13,17-20,22-23H2,1-3H3,(H,67,68)(H4,51,53,55,57)(H4,52,54,56,58). The number of nitrogens with zero attached hydrogens (tertiary/aromatic N) is 10. The van der Waals surface area contributed by atoms with E-state index in [0.29, 0.717) is 85.3 Å². The van der Waals surface area contributed by atoms with Gasteiger partial charge < -0.3 is 66.2 Å². The van der Waals surface area contributed by atoms with Crippen LogP contribution in [0.4, 0.5) is 20.2 Å². The Balaban J connectivity index is 0.695. The van der Waals surface area contributed by atoms with E-state index in [1.165, 1.54) is 12.3 Å². The summed E-state index contributed by atoms with van der Waals surface area (Å²) in [5.41, 5.74) is 26.4. The Bertz CT molecular complexity index is 3020. The van der Waals surface area contributed by atoms with Crippen LogP contribution in [0.5, 0.6) is 11.5 Å². The number of aromatic carboxylic acids is 1. The van der Waals surface area contributed by atoms with E-state index in [0.717, 1.165) is 57.4 Å². The van der Waals surface area contributed by atoms with Crippen molar-refractivity contribution in [3.63, 3.8) is 0 Å². The Morgan fingerprint density at radius 3 is 1.51 bits per heavy atom. The number of benzene rings is 2. The van der Waals surface area contributed by atoms with Gasteiger partial charge in [-0.25, -0.2) is 13.6 Å². The van der Waals surface area contributed by atoms with Gasteiger partial charge in [0.25, 0.3) is 0 Å². The molecule has 6 aliphatic heterocycles. The molecule has 70 heavy (non-hydrogen) atoms. The molecule has 0 amide bonds. The van der Waals surface area contributed by atoms with E-state index < -0.39 is 28.6 Å². The molecule has 6 aliphatic rings. The number of carboxylic acid groups (broad SMARTS) is 1. The molecule has 10 rings (SSSR count). The maximum absolute atomic E-state index is 16.0. The number of unbranched alkanes of at least 4 members (excludes halogenated alkanes) is 3. The molecule has 0 saturated carbocycles. The number of carbonyl (C=O) groups is 1. The van der Waals surface area contributed by atoms with Gasteiger partial charge in [0.15, 0.2) is 40.5 Å². The maximum atomic E-state index is 16.0. The van der Waals surface area contributed by atoms with E-state index in [-0.39, 0.29) is 83.0 Å².